The lowest BCUT2D eigenvalue weighted by Crippen LogP contribution is -2.10. The van der Waals surface area contributed by atoms with Crippen LogP contribution in [-0.4, -0.2) is 22.1 Å². The number of benzene rings is 1. The van der Waals surface area contributed by atoms with E-state index in [1.54, 1.807) is 0 Å². The molecular weight excluding hydrogens is 186 g/mol. The van der Waals surface area contributed by atoms with E-state index in [4.69, 9.17) is 5.11 Å². The standard InChI is InChI=1S/C9H9NO4/c1-5(11)10-8-6(9(13)14)3-2-4-7(8)12/h2-4,12H,1H3,(H,10,11)(H,13,14). The summed E-state index contributed by atoms with van der Waals surface area (Å²) < 4.78 is 0. The zero-order valence-electron chi connectivity index (χ0n) is 7.44. The summed E-state index contributed by atoms with van der Waals surface area (Å²) in [6, 6.07) is 4.00. The van der Waals surface area contributed by atoms with Crippen LogP contribution in [0.2, 0.25) is 0 Å². The molecule has 0 saturated carbocycles. The maximum atomic E-state index is 10.7. The molecule has 0 fully saturated rings. The molecule has 0 unspecified atom stereocenters. The van der Waals surface area contributed by atoms with E-state index in [2.05, 4.69) is 5.32 Å². The van der Waals surface area contributed by atoms with E-state index >= 15 is 0 Å². The number of carboxylic acids is 1. The molecule has 1 rings (SSSR count). The van der Waals surface area contributed by atoms with Gasteiger partial charge in [-0.25, -0.2) is 4.79 Å². The quantitative estimate of drug-likeness (QED) is 0.615. The fourth-order valence-electron chi connectivity index (χ4n) is 1.03. The van der Waals surface area contributed by atoms with E-state index in [-0.39, 0.29) is 17.0 Å². The number of aromatic carboxylic acids is 1. The van der Waals surface area contributed by atoms with Gasteiger partial charge in [-0.2, -0.15) is 0 Å². The summed E-state index contributed by atoms with van der Waals surface area (Å²) in [6.07, 6.45) is 0. The lowest BCUT2D eigenvalue weighted by atomic mass is 10.1. The van der Waals surface area contributed by atoms with Gasteiger partial charge in [0.05, 0.1) is 11.3 Å². The van der Waals surface area contributed by atoms with Gasteiger partial charge in [0.15, 0.2) is 0 Å². The Morgan fingerprint density at radius 3 is 2.50 bits per heavy atom. The SMILES string of the molecule is CC(=O)Nc1c(O)cccc1C(=O)O. The number of hydrogen-bond acceptors (Lipinski definition) is 3. The predicted molar refractivity (Wildman–Crippen MR) is 49.4 cm³/mol. The Morgan fingerprint density at radius 1 is 1.36 bits per heavy atom. The molecule has 1 aromatic rings. The number of carbonyl (C=O) groups excluding carboxylic acids is 1. The summed E-state index contributed by atoms with van der Waals surface area (Å²) in [7, 11) is 0. The number of carbonyl (C=O) groups is 2. The molecule has 0 aliphatic heterocycles. The van der Waals surface area contributed by atoms with Gasteiger partial charge < -0.3 is 15.5 Å². The van der Waals surface area contributed by atoms with Crippen molar-refractivity contribution in [3.05, 3.63) is 23.8 Å². The number of rotatable bonds is 2. The van der Waals surface area contributed by atoms with E-state index in [1.807, 2.05) is 0 Å². The minimum Gasteiger partial charge on any atom is -0.506 e. The number of hydrogen-bond donors (Lipinski definition) is 3. The highest BCUT2D eigenvalue weighted by Crippen LogP contribution is 2.26. The molecule has 0 radical (unpaired) electrons. The molecule has 0 heterocycles. The maximum absolute atomic E-state index is 10.7. The summed E-state index contributed by atoms with van der Waals surface area (Å²) in [5.41, 5.74) is -0.215. The summed E-state index contributed by atoms with van der Waals surface area (Å²) in [4.78, 5) is 21.4. The minimum absolute atomic E-state index is 0.0764. The number of phenols is 1. The van der Waals surface area contributed by atoms with Crippen molar-refractivity contribution >= 4 is 17.6 Å². The third-order valence-corrected chi connectivity index (χ3v) is 1.57. The number of carboxylic acid groups (broad SMARTS) is 1. The van der Waals surface area contributed by atoms with Gasteiger partial charge in [-0.05, 0) is 12.1 Å². The monoisotopic (exact) mass is 195 g/mol. The van der Waals surface area contributed by atoms with Crippen molar-refractivity contribution in [2.24, 2.45) is 0 Å². The first kappa shape index (κ1) is 10.0. The van der Waals surface area contributed by atoms with Crippen LogP contribution < -0.4 is 5.32 Å². The Labute approximate surface area is 80.0 Å². The molecule has 0 spiro atoms. The Kier molecular flexibility index (Phi) is 2.71. The topological polar surface area (TPSA) is 86.6 Å². The van der Waals surface area contributed by atoms with Crippen molar-refractivity contribution in [1.82, 2.24) is 0 Å². The zero-order chi connectivity index (χ0) is 10.7. The number of anilines is 1. The van der Waals surface area contributed by atoms with Gasteiger partial charge in [0.2, 0.25) is 5.91 Å². The molecule has 1 aromatic carbocycles. The first-order valence-corrected chi connectivity index (χ1v) is 3.85. The number of nitrogens with one attached hydrogen (secondary N) is 1. The van der Waals surface area contributed by atoms with Crippen molar-refractivity contribution in [3.63, 3.8) is 0 Å². The fraction of sp³-hybridized carbons (Fsp3) is 0.111. The molecule has 5 heteroatoms. The summed E-state index contributed by atoms with van der Waals surface area (Å²) in [5, 5.41) is 20.3. The molecule has 14 heavy (non-hydrogen) atoms. The third kappa shape index (κ3) is 2.01. The van der Waals surface area contributed by atoms with Crippen molar-refractivity contribution in [3.8, 4) is 5.75 Å². The number of para-hydroxylation sites is 1. The van der Waals surface area contributed by atoms with Gasteiger partial charge in [0.1, 0.15) is 5.75 Å². The molecule has 3 N–H and O–H groups in total. The van der Waals surface area contributed by atoms with Crippen molar-refractivity contribution in [2.75, 3.05) is 5.32 Å². The van der Waals surface area contributed by atoms with Crippen LogP contribution in [0.15, 0.2) is 18.2 Å². The summed E-state index contributed by atoms with van der Waals surface area (Å²) in [5.74, 6) is -1.90. The zero-order valence-corrected chi connectivity index (χ0v) is 7.44. The molecule has 0 atom stereocenters. The van der Waals surface area contributed by atoms with E-state index in [9.17, 15) is 14.7 Å². The molecule has 0 aliphatic carbocycles. The van der Waals surface area contributed by atoms with Crippen LogP contribution in [0.5, 0.6) is 5.75 Å². The number of phenolic OH excluding ortho intramolecular Hbond substituents is 1. The summed E-state index contributed by atoms with van der Waals surface area (Å²) in [6.45, 7) is 1.23. The lowest BCUT2D eigenvalue weighted by Gasteiger charge is -2.07. The van der Waals surface area contributed by atoms with Gasteiger partial charge in [-0.1, -0.05) is 6.07 Å². The molecule has 0 saturated heterocycles. The van der Waals surface area contributed by atoms with E-state index in [1.165, 1.54) is 25.1 Å². The van der Waals surface area contributed by atoms with Crippen LogP contribution in [-0.2, 0) is 4.79 Å². The molecule has 74 valence electrons. The highest BCUT2D eigenvalue weighted by atomic mass is 16.4. The second kappa shape index (κ2) is 3.78. The van der Waals surface area contributed by atoms with Crippen molar-refractivity contribution in [1.29, 1.82) is 0 Å². The largest absolute Gasteiger partial charge is 0.506 e. The second-order valence-corrected chi connectivity index (χ2v) is 2.69. The van der Waals surface area contributed by atoms with Crippen LogP contribution in [0.3, 0.4) is 0 Å². The fourth-order valence-corrected chi connectivity index (χ4v) is 1.03. The van der Waals surface area contributed by atoms with E-state index in [0.29, 0.717) is 0 Å². The van der Waals surface area contributed by atoms with Crippen LogP contribution in [0.1, 0.15) is 17.3 Å². The van der Waals surface area contributed by atoms with Gasteiger partial charge in [-0.3, -0.25) is 4.79 Å². The predicted octanol–water partition coefficient (Wildman–Crippen LogP) is 1.05. The molecule has 0 aromatic heterocycles. The van der Waals surface area contributed by atoms with Crippen molar-refractivity contribution < 1.29 is 19.8 Å². The Hall–Kier alpha value is -2.04. The highest BCUT2D eigenvalue weighted by molar-refractivity contribution is 6.01. The molecule has 0 aliphatic rings. The highest BCUT2D eigenvalue weighted by Gasteiger charge is 2.14. The molecule has 5 nitrogen and oxygen atoms in total. The van der Waals surface area contributed by atoms with E-state index < -0.39 is 11.9 Å². The second-order valence-electron chi connectivity index (χ2n) is 2.69. The maximum Gasteiger partial charge on any atom is 0.337 e. The van der Waals surface area contributed by atoms with Gasteiger partial charge in [-0.15, -0.1) is 0 Å². The van der Waals surface area contributed by atoms with Gasteiger partial charge >= 0.3 is 5.97 Å². The Bertz CT molecular complexity index is 386. The summed E-state index contributed by atoms with van der Waals surface area (Å²) >= 11 is 0. The van der Waals surface area contributed by atoms with Crippen LogP contribution in [0.25, 0.3) is 0 Å². The Balaban J connectivity index is 3.22. The van der Waals surface area contributed by atoms with Gasteiger partial charge in [0, 0.05) is 6.92 Å². The number of amides is 1. The van der Waals surface area contributed by atoms with Crippen LogP contribution >= 0.6 is 0 Å². The van der Waals surface area contributed by atoms with Crippen LogP contribution in [0, 0.1) is 0 Å². The minimum atomic E-state index is -1.20. The first-order chi connectivity index (χ1) is 6.52. The molecule has 1 amide bonds. The third-order valence-electron chi connectivity index (χ3n) is 1.57. The molecule has 0 bridgehead atoms. The average Bonchev–Trinajstić information content (AvgIpc) is 2.07. The average molecular weight is 195 g/mol. The normalized spacial score (nSPS) is 9.50. The van der Waals surface area contributed by atoms with Crippen molar-refractivity contribution in [2.45, 2.75) is 6.92 Å². The van der Waals surface area contributed by atoms with E-state index in [0.717, 1.165) is 0 Å². The Morgan fingerprint density at radius 2 is 2.00 bits per heavy atom. The smallest absolute Gasteiger partial charge is 0.337 e. The van der Waals surface area contributed by atoms with Crippen LogP contribution in [0.4, 0.5) is 5.69 Å². The lowest BCUT2D eigenvalue weighted by molar-refractivity contribution is -0.114. The first-order valence-electron chi connectivity index (χ1n) is 3.85. The number of aromatic hydroxyl groups is 1. The van der Waals surface area contributed by atoms with Gasteiger partial charge in [0.25, 0.3) is 0 Å². The molecular formula is C9H9NO4.